The van der Waals surface area contributed by atoms with E-state index in [1.165, 1.54) is 4.40 Å². The second kappa shape index (κ2) is 5.87. The van der Waals surface area contributed by atoms with E-state index in [4.69, 9.17) is 23.2 Å². The minimum absolute atomic E-state index is 0.119. The van der Waals surface area contributed by atoms with E-state index in [1.54, 1.807) is 42.7 Å². The van der Waals surface area contributed by atoms with Crippen LogP contribution in [-0.4, -0.2) is 20.5 Å². The van der Waals surface area contributed by atoms with Crippen molar-refractivity contribution >= 4 is 40.5 Å². The van der Waals surface area contributed by atoms with E-state index in [9.17, 15) is 9.90 Å². The highest BCUT2D eigenvalue weighted by molar-refractivity contribution is 6.33. The molecule has 5 nitrogen and oxygen atoms in total. The van der Waals surface area contributed by atoms with Gasteiger partial charge in [0.15, 0.2) is 5.69 Å². The summed E-state index contributed by atoms with van der Waals surface area (Å²) in [4.78, 5) is 15.6. The van der Waals surface area contributed by atoms with E-state index in [0.29, 0.717) is 27.9 Å². The molecule has 0 aliphatic carbocycles. The van der Waals surface area contributed by atoms with Crippen molar-refractivity contribution < 1.29 is 9.90 Å². The number of rotatable bonds is 4. The van der Waals surface area contributed by atoms with Crippen LogP contribution >= 0.6 is 23.2 Å². The van der Waals surface area contributed by atoms with Crippen LogP contribution in [0.5, 0.6) is 0 Å². The van der Waals surface area contributed by atoms with Crippen molar-refractivity contribution in [3.05, 3.63) is 64.0 Å². The Hall–Kier alpha value is -2.24. The molecule has 0 aliphatic heterocycles. The third-order valence-electron chi connectivity index (χ3n) is 3.24. The van der Waals surface area contributed by atoms with E-state index in [2.05, 4.69) is 10.3 Å². The maximum Gasteiger partial charge on any atom is 0.355 e. The Morgan fingerprint density at radius 1 is 1.27 bits per heavy atom. The van der Waals surface area contributed by atoms with E-state index >= 15 is 0 Å². The highest BCUT2D eigenvalue weighted by atomic mass is 35.5. The lowest BCUT2D eigenvalue weighted by Gasteiger charge is -2.12. The summed E-state index contributed by atoms with van der Waals surface area (Å²) in [6.45, 7) is 0.361. The molecular weight excluding hydrogens is 325 g/mol. The van der Waals surface area contributed by atoms with E-state index in [1.807, 2.05) is 0 Å². The number of imidazole rings is 1. The lowest BCUT2D eigenvalue weighted by Crippen LogP contribution is -2.11. The van der Waals surface area contributed by atoms with Gasteiger partial charge in [0.2, 0.25) is 0 Å². The summed E-state index contributed by atoms with van der Waals surface area (Å²) in [7, 11) is 0. The number of carboxylic acids is 1. The summed E-state index contributed by atoms with van der Waals surface area (Å²) in [5.74, 6) is -1.04. The lowest BCUT2D eigenvalue weighted by molar-refractivity contribution is 0.0690. The van der Waals surface area contributed by atoms with Gasteiger partial charge in [-0.05, 0) is 35.9 Å². The molecule has 0 amide bonds. The smallest absolute Gasteiger partial charge is 0.355 e. The molecule has 2 N–H and O–H groups in total. The van der Waals surface area contributed by atoms with Gasteiger partial charge in [0.1, 0.15) is 5.65 Å². The van der Waals surface area contributed by atoms with Gasteiger partial charge in [0.05, 0.1) is 5.69 Å². The number of hydrogen-bond donors (Lipinski definition) is 2. The number of hydrogen-bond acceptors (Lipinski definition) is 3. The molecule has 0 radical (unpaired) electrons. The maximum absolute atomic E-state index is 11.5. The van der Waals surface area contributed by atoms with Crippen LogP contribution in [0.2, 0.25) is 10.0 Å². The third-order valence-corrected chi connectivity index (χ3v) is 3.85. The van der Waals surface area contributed by atoms with Crippen molar-refractivity contribution in [2.75, 3.05) is 5.32 Å². The van der Waals surface area contributed by atoms with Gasteiger partial charge in [0, 0.05) is 29.0 Å². The second-order valence-electron chi connectivity index (χ2n) is 4.65. The number of benzene rings is 1. The minimum atomic E-state index is -1.04. The summed E-state index contributed by atoms with van der Waals surface area (Å²) < 4.78 is 1.52. The summed E-state index contributed by atoms with van der Waals surface area (Å²) in [6, 6.07) is 8.58. The van der Waals surface area contributed by atoms with E-state index < -0.39 is 5.97 Å². The van der Waals surface area contributed by atoms with Crippen molar-refractivity contribution in [3.63, 3.8) is 0 Å². The second-order valence-corrected chi connectivity index (χ2v) is 5.49. The number of aromatic nitrogens is 2. The average Bonchev–Trinajstić information content (AvgIpc) is 2.95. The molecule has 22 heavy (non-hydrogen) atoms. The predicted octanol–water partition coefficient (Wildman–Crippen LogP) is 3.95. The van der Waals surface area contributed by atoms with E-state index in [0.717, 1.165) is 5.56 Å². The van der Waals surface area contributed by atoms with Gasteiger partial charge in [0.25, 0.3) is 0 Å². The first-order valence-electron chi connectivity index (χ1n) is 6.43. The van der Waals surface area contributed by atoms with Crippen molar-refractivity contribution in [2.45, 2.75) is 6.54 Å². The molecular formula is C15H11Cl2N3O2. The van der Waals surface area contributed by atoms with Crippen LogP contribution in [0.3, 0.4) is 0 Å². The van der Waals surface area contributed by atoms with Crippen LogP contribution in [0.25, 0.3) is 5.65 Å². The number of halogens is 2. The molecule has 1 aromatic carbocycles. The van der Waals surface area contributed by atoms with Gasteiger partial charge in [-0.15, -0.1) is 0 Å². The molecule has 0 saturated carbocycles. The molecule has 0 atom stereocenters. The summed E-state index contributed by atoms with van der Waals surface area (Å²) in [6.07, 6.45) is 3.16. The van der Waals surface area contributed by atoms with Crippen molar-refractivity contribution in [1.29, 1.82) is 0 Å². The number of aromatic carboxylic acids is 1. The van der Waals surface area contributed by atoms with Gasteiger partial charge < -0.3 is 10.4 Å². The topological polar surface area (TPSA) is 66.6 Å². The first kappa shape index (κ1) is 14.7. The molecule has 2 heterocycles. The van der Waals surface area contributed by atoms with Crippen molar-refractivity contribution in [3.8, 4) is 0 Å². The maximum atomic E-state index is 11.5. The Balaban J connectivity index is 1.95. The van der Waals surface area contributed by atoms with Crippen molar-refractivity contribution in [1.82, 2.24) is 9.38 Å². The molecule has 0 fully saturated rings. The Morgan fingerprint density at radius 3 is 2.86 bits per heavy atom. The monoisotopic (exact) mass is 335 g/mol. The Bertz CT molecular complexity index is 861. The van der Waals surface area contributed by atoms with Crippen LogP contribution in [0.1, 0.15) is 16.1 Å². The summed E-state index contributed by atoms with van der Waals surface area (Å²) in [5, 5.41) is 13.7. The first-order chi connectivity index (χ1) is 10.6. The zero-order chi connectivity index (χ0) is 15.7. The fourth-order valence-electron chi connectivity index (χ4n) is 2.22. The van der Waals surface area contributed by atoms with Crippen LogP contribution in [0, 0.1) is 0 Å². The van der Waals surface area contributed by atoms with Crippen LogP contribution in [-0.2, 0) is 6.54 Å². The fraction of sp³-hybridized carbons (Fsp3) is 0.0667. The SMILES string of the molecule is O=C(O)c1c(NCc2cc(Cl)ccc2Cl)ccc2nccn12. The van der Waals surface area contributed by atoms with Crippen LogP contribution in [0.15, 0.2) is 42.7 Å². The molecule has 0 spiro atoms. The molecule has 0 aliphatic rings. The Labute approximate surface area is 136 Å². The third kappa shape index (κ3) is 2.73. The molecule has 7 heteroatoms. The molecule has 2 aromatic heterocycles. The average molecular weight is 336 g/mol. The molecule has 3 rings (SSSR count). The number of nitrogens with zero attached hydrogens (tertiary/aromatic N) is 2. The highest BCUT2D eigenvalue weighted by Gasteiger charge is 2.15. The summed E-state index contributed by atoms with van der Waals surface area (Å²) in [5.41, 5.74) is 1.96. The van der Waals surface area contributed by atoms with Gasteiger partial charge in [-0.25, -0.2) is 9.78 Å². The zero-order valence-electron chi connectivity index (χ0n) is 11.3. The number of anilines is 1. The van der Waals surface area contributed by atoms with Gasteiger partial charge in [-0.1, -0.05) is 23.2 Å². The molecule has 0 saturated heterocycles. The Morgan fingerprint density at radius 2 is 2.09 bits per heavy atom. The fourth-order valence-corrected chi connectivity index (χ4v) is 2.60. The van der Waals surface area contributed by atoms with Crippen LogP contribution < -0.4 is 5.32 Å². The van der Waals surface area contributed by atoms with Gasteiger partial charge in [-0.3, -0.25) is 4.40 Å². The molecule has 3 aromatic rings. The predicted molar refractivity (Wildman–Crippen MR) is 85.9 cm³/mol. The number of pyridine rings is 1. The van der Waals surface area contributed by atoms with E-state index in [-0.39, 0.29) is 5.69 Å². The molecule has 0 unspecified atom stereocenters. The first-order valence-corrected chi connectivity index (χ1v) is 7.19. The number of nitrogens with one attached hydrogen (secondary N) is 1. The number of carboxylic acid groups (broad SMARTS) is 1. The zero-order valence-corrected chi connectivity index (χ0v) is 12.8. The largest absolute Gasteiger partial charge is 0.476 e. The summed E-state index contributed by atoms with van der Waals surface area (Å²) >= 11 is 12.1. The molecule has 112 valence electrons. The van der Waals surface area contributed by atoms with Crippen molar-refractivity contribution in [2.24, 2.45) is 0 Å². The Kier molecular flexibility index (Phi) is 3.92. The minimum Gasteiger partial charge on any atom is -0.476 e. The number of fused-ring (bicyclic) bond motifs is 1. The standard InChI is InChI=1S/C15H11Cl2N3O2/c16-10-1-2-11(17)9(7-10)8-19-12-3-4-13-18-5-6-20(13)14(12)15(21)22/h1-7,19H,8H2,(H,21,22). The van der Waals surface area contributed by atoms with Gasteiger partial charge in [-0.2, -0.15) is 0 Å². The lowest BCUT2D eigenvalue weighted by atomic mass is 10.2. The van der Waals surface area contributed by atoms with Gasteiger partial charge >= 0.3 is 5.97 Å². The van der Waals surface area contributed by atoms with Crippen LogP contribution in [0.4, 0.5) is 5.69 Å². The highest BCUT2D eigenvalue weighted by Crippen LogP contribution is 2.23. The quantitative estimate of drug-likeness (QED) is 0.757. The molecule has 0 bridgehead atoms. The normalized spacial score (nSPS) is 10.8. The number of carbonyl (C=O) groups is 1.